The Bertz CT molecular complexity index is 236. The normalized spacial score (nSPS) is 23.5. The molecule has 1 atom stereocenters. The van der Waals surface area contributed by atoms with Crippen molar-refractivity contribution in [2.75, 3.05) is 40.3 Å². The maximum Gasteiger partial charge on any atom is 0.0131 e. The lowest BCUT2D eigenvalue weighted by Crippen LogP contribution is -2.41. The van der Waals surface area contributed by atoms with E-state index >= 15 is 0 Å². The van der Waals surface area contributed by atoms with Crippen LogP contribution in [0.3, 0.4) is 0 Å². The van der Waals surface area contributed by atoms with Crippen LogP contribution in [0, 0.1) is 5.41 Å². The van der Waals surface area contributed by atoms with Gasteiger partial charge >= 0.3 is 0 Å². The summed E-state index contributed by atoms with van der Waals surface area (Å²) in [4.78, 5) is 4.88. The van der Waals surface area contributed by atoms with E-state index in [0.29, 0.717) is 17.5 Å². The molecule has 0 bridgehead atoms. The van der Waals surface area contributed by atoms with Crippen LogP contribution < -0.4 is 5.32 Å². The molecule has 1 aliphatic rings. The molecular weight excluding hydrogens is 222 g/mol. The Hall–Kier alpha value is -0.120. The van der Waals surface area contributed by atoms with E-state index in [9.17, 15) is 0 Å². The minimum atomic E-state index is 0.476. The van der Waals surface area contributed by atoms with Crippen LogP contribution in [0.25, 0.3) is 0 Å². The summed E-state index contributed by atoms with van der Waals surface area (Å²) < 4.78 is 0. The summed E-state index contributed by atoms with van der Waals surface area (Å²) in [6, 6.07) is 1.34. The molecule has 1 heterocycles. The molecule has 0 spiro atoms. The lowest BCUT2D eigenvalue weighted by molar-refractivity contribution is 0.177. The van der Waals surface area contributed by atoms with Gasteiger partial charge in [-0.2, -0.15) is 0 Å². The van der Waals surface area contributed by atoms with Crippen molar-refractivity contribution >= 4 is 0 Å². The summed E-state index contributed by atoms with van der Waals surface area (Å²) in [5, 5.41) is 3.67. The van der Waals surface area contributed by atoms with Gasteiger partial charge in [0.1, 0.15) is 0 Å². The summed E-state index contributed by atoms with van der Waals surface area (Å²) in [6.07, 6.45) is 2.59. The van der Waals surface area contributed by atoms with Crippen molar-refractivity contribution in [3.05, 3.63) is 0 Å². The average molecular weight is 255 g/mol. The van der Waals surface area contributed by atoms with Crippen molar-refractivity contribution < 1.29 is 0 Å². The first kappa shape index (κ1) is 15.9. The van der Waals surface area contributed by atoms with Crippen molar-refractivity contribution in [3.63, 3.8) is 0 Å². The smallest absolute Gasteiger partial charge is 0.0131 e. The highest BCUT2D eigenvalue weighted by atomic mass is 15.2. The molecule has 0 aromatic carbocycles. The first-order chi connectivity index (χ1) is 8.33. The Labute approximate surface area is 114 Å². The molecule has 18 heavy (non-hydrogen) atoms. The van der Waals surface area contributed by atoms with Gasteiger partial charge in [-0.1, -0.05) is 13.8 Å². The van der Waals surface area contributed by atoms with E-state index in [1.165, 1.54) is 32.5 Å². The first-order valence-electron chi connectivity index (χ1n) is 7.45. The number of nitrogens with zero attached hydrogens (tertiary/aromatic N) is 2. The lowest BCUT2D eigenvalue weighted by atomic mass is 9.83. The van der Waals surface area contributed by atoms with Crippen LogP contribution in [-0.2, 0) is 0 Å². The molecule has 0 saturated carbocycles. The number of nitrogens with one attached hydrogen (secondary N) is 1. The van der Waals surface area contributed by atoms with Crippen molar-refractivity contribution in [1.82, 2.24) is 15.1 Å². The van der Waals surface area contributed by atoms with E-state index in [0.717, 1.165) is 6.54 Å². The Morgan fingerprint density at radius 2 is 1.83 bits per heavy atom. The van der Waals surface area contributed by atoms with E-state index in [2.05, 4.69) is 56.9 Å². The van der Waals surface area contributed by atoms with Gasteiger partial charge in [0.05, 0.1) is 0 Å². The van der Waals surface area contributed by atoms with Crippen LogP contribution in [-0.4, -0.2) is 62.2 Å². The molecule has 1 N–H and O–H groups in total. The highest BCUT2D eigenvalue weighted by Crippen LogP contribution is 2.31. The van der Waals surface area contributed by atoms with Crippen LogP contribution >= 0.6 is 0 Å². The molecule has 1 fully saturated rings. The van der Waals surface area contributed by atoms with E-state index < -0.39 is 0 Å². The fraction of sp³-hybridized carbons (Fsp3) is 1.00. The van der Waals surface area contributed by atoms with Crippen LogP contribution in [0.15, 0.2) is 0 Å². The SMILES string of the molecule is CC(C)N(CCC1NCCC1(C)C)CCN(C)C. The number of likely N-dealkylation sites (N-methyl/N-ethyl adjacent to an activating group) is 1. The second-order valence-corrected chi connectivity index (χ2v) is 6.97. The zero-order valence-corrected chi connectivity index (χ0v) is 13.3. The highest BCUT2D eigenvalue weighted by molar-refractivity contribution is 4.91. The second kappa shape index (κ2) is 6.88. The van der Waals surface area contributed by atoms with Gasteiger partial charge in [0.25, 0.3) is 0 Å². The molecule has 0 aliphatic carbocycles. The third-order valence-electron chi connectivity index (χ3n) is 4.37. The standard InChI is InChI=1S/C15H33N3/c1-13(2)18(12-11-17(5)6)10-7-14-15(3,4)8-9-16-14/h13-14,16H,7-12H2,1-6H3. The van der Waals surface area contributed by atoms with Gasteiger partial charge < -0.3 is 10.2 Å². The Morgan fingerprint density at radius 3 is 2.28 bits per heavy atom. The maximum atomic E-state index is 3.67. The minimum absolute atomic E-state index is 0.476. The van der Waals surface area contributed by atoms with Crippen LogP contribution in [0.4, 0.5) is 0 Å². The Morgan fingerprint density at radius 1 is 1.17 bits per heavy atom. The number of hydrogen-bond donors (Lipinski definition) is 1. The summed E-state index contributed by atoms with van der Waals surface area (Å²) in [6.45, 7) is 14.2. The van der Waals surface area contributed by atoms with Gasteiger partial charge in [-0.25, -0.2) is 0 Å². The van der Waals surface area contributed by atoms with Crippen molar-refractivity contribution in [1.29, 1.82) is 0 Å². The quantitative estimate of drug-likeness (QED) is 0.751. The summed E-state index contributed by atoms with van der Waals surface area (Å²) in [5.41, 5.74) is 0.476. The van der Waals surface area contributed by atoms with E-state index in [-0.39, 0.29) is 0 Å². The first-order valence-corrected chi connectivity index (χ1v) is 7.45. The summed E-state index contributed by atoms with van der Waals surface area (Å²) in [7, 11) is 4.31. The molecule has 1 unspecified atom stereocenters. The van der Waals surface area contributed by atoms with E-state index in [1.54, 1.807) is 0 Å². The molecule has 3 nitrogen and oxygen atoms in total. The second-order valence-electron chi connectivity index (χ2n) is 6.97. The van der Waals surface area contributed by atoms with Crippen molar-refractivity contribution in [3.8, 4) is 0 Å². The molecule has 1 rings (SSSR count). The molecule has 0 amide bonds. The lowest BCUT2D eigenvalue weighted by Gasteiger charge is -2.32. The Balaban J connectivity index is 2.37. The topological polar surface area (TPSA) is 18.5 Å². The number of rotatable bonds is 7. The van der Waals surface area contributed by atoms with Crippen LogP contribution in [0.2, 0.25) is 0 Å². The molecule has 0 aromatic heterocycles. The van der Waals surface area contributed by atoms with Gasteiger partial charge in [-0.15, -0.1) is 0 Å². The fourth-order valence-corrected chi connectivity index (χ4v) is 2.76. The Kier molecular flexibility index (Phi) is 6.09. The predicted molar refractivity (Wildman–Crippen MR) is 80.1 cm³/mol. The minimum Gasteiger partial charge on any atom is -0.313 e. The van der Waals surface area contributed by atoms with Crippen molar-refractivity contribution in [2.45, 2.75) is 52.6 Å². The zero-order valence-electron chi connectivity index (χ0n) is 13.3. The zero-order chi connectivity index (χ0) is 13.8. The molecule has 0 aromatic rings. The molecule has 1 aliphatic heterocycles. The molecule has 1 saturated heterocycles. The monoisotopic (exact) mass is 255 g/mol. The molecule has 0 radical (unpaired) electrons. The predicted octanol–water partition coefficient (Wildman–Crippen LogP) is 2.04. The van der Waals surface area contributed by atoms with Gasteiger partial charge in [-0.05, 0) is 59.3 Å². The molecule has 3 heteroatoms. The van der Waals surface area contributed by atoms with E-state index in [1.807, 2.05) is 0 Å². The van der Waals surface area contributed by atoms with Gasteiger partial charge in [0, 0.05) is 25.2 Å². The molecular formula is C15H33N3. The third-order valence-corrected chi connectivity index (χ3v) is 4.37. The van der Waals surface area contributed by atoms with Gasteiger partial charge in [-0.3, -0.25) is 4.90 Å². The average Bonchev–Trinajstić information content (AvgIpc) is 2.57. The van der Waals surface area contributed by atoms with Gasteiger partial charge in [0.2, 0.25) is 0 Å². The molecule has 108 valence electrons. The summed E-state index contributed by atoms with van der Waals surface area (Å²) in [5.74, 6) is 0. The maximum absolute atomic E-state index is 3.67. The van der Waals surface area contributed by atoms with Crippen molar-refractivity contribution in [2.24, 2.45) is 5.41 Å². The highest BCUT2D eigenvalue weighted by Gasteiger charge is 2.33. The third kappa shape index (κ3) is 4.87. The van der Waals surface area contributed by atoms with Gasteiger partial charge in [0.15, 0.2) is 0 Å². The van der Waals surface area contributed by atoms with Crippen LogP contribution in [0.1, 0.15) is 40.5 Å². The van der Waals surface area contributed by atoms with E-state index in [4.69, 9.17) is 0 Å². The largest absolute Gasteiger partial charge is 0.313 e. The fourth-order valence-electron chi connectivity index (χ4n) is 2.76. The number of hydrogen-bond acceptors (Lipinski definition) is 3. The van der Waals surface area contributed by atoms with Crippen LogP contribution in [0.5, 0.6) is 0 Å². The summed E-state index contributed by atoms with van der Waals surface area (Å²) >= 11 is 0.